The van der Waals surface area contributed by atoms with E-state index in [0.29, 0.717) is 30.1 Å². The zero-order valence-corrected chi connectivity index (χ0v) is 14.6. The molecule has 0 spiro atoms. The standard InChI is InChI=1S/C19H21N3O3/c1-21(2)12-17-20-18(19(23)24-3)16-10-9-15(11-22(16)17)25-13-14-7-5-4-6-8-14/h4-11H,12-13H2,1-3H3. The SMILES string of the molecule is COC(=O)c1nc(CN(C)C)n2cc(OCc3ccccc3)ccc12. The van der Waals surface area contributed by atoms with E-state index in [4.69, 9.17) is 9.47 Å². The second-order valence-corrected chi connectivity index (χ2v) is 6.00. The van der Waals surface area contributed by atoms with Gasteiger partial charge in [0.25, 0.3) is 0 Å². The molecule has 0 radical (unpaired) electrons. The van der Waals surface area contributed by atoms with Gasteiger partial charge < -0.3 is 14.4 Å². The Morgan fingerprint density at radius 2 is 1.92 bits per heavy atom. The van der Waals surface area contributed by atoms with Crippen molar-refractivity contribution < 1.29 is 14.3 Å². The van der Waals surface area contributed by atoms with Crippen LogP contribution >= 0.6 is 0 Å². The van der Waals surface area contributed by atoms with Gasteiger partial charge in [0, 0.05) is 0 Å². The molecule has 0 atom stereocenters. The third-order valence-corrected chi connectivity index (χ3v) is 3.77. The molecule has 0 aliphatic heterocycles. The molecule has 0 fully saturated rings. The van der Waals surface area contributed by atoms with Crippen LogP contribution in [0.5, 0.6) is 5.75 Å². The lowest BCUT2D eigenvalue weighted by Gasteiger charge is -2.10. The molecule has 2 aromatic heterocycles. The fourth-order valence-corrected chi connectivity index (χ4v) is 2.60. The number of hydrogen-bond acceptors (Lipinski definition) is 5. The highest BCUT2D eigenvalue weighted by Gasteiger charge is 2.18. The Kier molecular flexibility index (Phi) is 5.00. The van der Waals surface area contributed by atoms with E-state index in [1.165, 1.54) is 7.11 Å². The highest BCUT2D eigenvalue weighted by atomic mass is 16.5. The largest absolute Gasteiger partial charge is 0.487 e. The molecule has 3 rings (SSSR count). The number of fused-ring (bicyclic) bond motifs is 1. The lowest BCUT2D eigenvalue weighted by Crippen LogP contribution is -2.13. The van der Waals surface area contributed by atoms with Crippen molar-refractivity contribution in [3.8, 4) is 5.75 Å². The van der Waals surface area contributed by atoms with Crippen LogP contribution < -0.4 is 4.74 Å². The van der Waals surface area contributed by atoms with Gasteiger partial charge in [0.1, 0.15) is 18.2 Å². The summed E-state index contributed by atoms with van der Waals surface area (Å²) < 4.78 is 12.6. The molecule has 2 heterocycles. The van der Waals surface area contributed by atoms with Crippen LogP contribution in [0.25, 0.3) is 5.52 Å². The fraction of sp³-hybridized carbons (Fsp3) is 0.263. The third-order valence-electron chi connectivity index (χ3n) is 3.77. The molecule has 0 amide bonds. The zero-order chi connectivity index (χ0) is 17.8. The number of imidazole rings is 1. The first kappa shape index (κ1) is 17.0. The maximum absolute atomic E-state index is 12.0. The predicted molar refractivity (Wildman–Crippen MR) is 94.7 cm³/mol. The molecule has 0 saturated heterocycles. The van der Waals surface area contributed by atoms with Gasteiger partial charge in [-0.2, -0.15) is 0 Å². The Balaban J connectivity index is 1.93. The number of nitrogens with zero attached hydrogens (tertiary/aromatic N) is 3. The molecule has 0 aliphatic rings. The van der Waals surface area contributed by atoms with Crippen LogP contribution in [0.1, 0.15) is 21.9 Å². The molecule has 0 aliphatic carbocycles. The highest BCUT2D eigenvalue weighted by Crippen LogP contribution is 2.21. The Labute approximate surface area is 146 Å². The second kappa shape index (κ2) is 7.36. The topological polar surface area (TPSA) is 56.1 Å². The minimum atomic E-state index is -0.444. The van der Waals surface area contributed by atoms with E-state index in [9.17, 15) is 4.79 Å². The van der Waals surface area contributed by atoms with Gasteiger partial charge >= 0.3 is 5.97 Å². The Hall–Kier alpha value is -2.86. The smallest absolute Gasteiger partial charge is 0.358 e. The van der Waals surface area contributed by atoms with Gasteiger partial charge in [-0.3, -0.25) is 4.40 Å². The maximum atomic E-state index is 12.0. The van der Waals surface area contributed by atoms with Gasteiger partial charge in [-0.1, -0.05) is 30.3 Å². The first-order valence-corrected chi connectivity index (χ1v) is 7.99. The Morgan fingerprint density at radius 1 is 1.16 bits per heavy atom. The summed E-state index contributed by atoms with van der Waals surface area (Å²) in [6.45, 7) is 1.08. The van der Waals surface area contributed by atoms with Gasteiger partial charge in [0.05, 0.1) is 25.4 Å². The highest BCUT2D eigenvalue weighted by molar-refractivity contribution is 5.95. The van der Waals surface area contributed by atoms with Crippen LogP contribution in [0.15, 0.2) is 48.7 Å². The normalized spacial score (nSPS) is 11.0. The van der Waals surface area contributed by atoms with E-state index in [1.54, 1.807) is 0 Å². The van der Waals surface area contributed by atoms with Crippen molar-refractivity contribution in [2.24, 2.45) is 0 Å². The van der Waals surface area contributed by atoms with E-state index < -0.39 is 5.97 Å². The van der Waals surface area contributed by atoms with Crippen molar-refractivity contribution >= 4 is 11.5 Å². The first-order chi connectivity index (χ1) is 12.1. The van der Waals surface area contributed by atoms with Crippen molar-refractivity contribution in [1.29, 1.82) is 0 Å². The molecule has 1 aromatic carbocycles. The van der Waals surface area contributed by atoms with Crippen molar-refractivity contribution in [1.82, 2.24) is 14.3 Å². The van der Waals surface area contributed by atoms with Gasteiger partial charge in [-0.05, 0) is 31.8 Å². The first-order valence-electron chi connectivity index (χ1n) is 7.99. The molecule has 25 heavy (non-hydrogen) atoms. The zero-order valence-electron chi connectivity index (χ0n) is 14.6. The molecule has 0 bridgehead atoms. The molecule has 0 unspecified atom stereocenters. The summed E-state index contributed by atoms with van der Waals surface area (Å²) in [6.07, 6.45) is 1.86. The Morgan fingerprint density at radius 3 is 2.60 bits per heavy atom. The number of ether oxygens (including phenoxy) is 2. The maximum Gasteiger partial charge on any atom is 0.358 e. The fourth-order valence-electron chi connectivity index (χ4n) is 2.60. The van der Waals surface area contributed by atoms with Gasteiger partial charge in [-0.25, -0.2) is 9.78 Å². The summed E-state index contributed by atoms with van der Waals surface area (Å²) in [5.41, 5.74) is 2.11. The van der Waals surface area contributed by atoms with E-state index in [1.807, 2.05) is 72.1 Å². The number of benzene rings is 1. The number of pyridine rings is 1. The molecule has 0 saturated carbocycles. The van der Waals surface area contributed by atoms with Crippen LogP contribution in [0.4, 0.5) is 0 Å². The van der Waals surface area contributed by atoms with E-state index in [2.05, 4.69) is 4.98 Å². The number of carbonyl (C=O) groups is 1. The molecule has 3 aromatic rings. The lowest BCUT2D eigenvalue weighted by atomic mass is 10.2. The van der Waals surface area contributed by atoms with Crippen molar-refractivity contribution in [2.45, 2.75) is 13.2 Å². The number of rotatable bonds is 6. The molecule has 6 heteroatoms. The number of aromatic nitrogens is 2. The summed E-state index contributed by atoms with van der Waals surface area (Å²) in [6, 6.07) is 13.6. The van der Waals surface area contributed by atoms with Crippen LogP contribution in [0.3, 0.4) is 0 Å². The van der Waals surface area contributed by atoms with Crippen LogP contribution in [0.2, 0.25) is 0 Å². The summed E-state index contributed by atoms with van der Waals surface area (Å²) in [7, 11) is 5.26. The van der Waals surface area contributed by atoms with Gasteiger partial charge in [0.15, 0.2) is 5.69 Å². The molecular weight excluding hydrogens is 318 g/mol. The van der Waals surface area contributed by atoms with Gasteiger partial charge in [0.2, 0.25) is 0 Å². The van der Waals surface area contributed by atoms with Crippen molar-refractivity contribution in [3.63, 3.8) is 0 Å². The monoisotopic (exact) mass is 339 g/mol. The molecule has 0 N–H and O–H groups in total. The minimum absolute atomic E-state index is 0.314. The average Bonchev–Trinajstić information content (AvgIpc) is 2.97. The third kappa shape index (κ3) is 3.80. The molecular formula is C19H21N3O3. The quantitative estimate of drug-likeness (QED) is 0.647. The summed E-state index contributed by atoms with van der Waals surface area (Å²) in [5.74, 6) is 1.02. The van der Waals surface area contributed by atoms with Crippen LogP contribution in [0, 0.1) is 0 Å². The van der Waals surface area contributed by atoms with E-state index >= 15 is 0 Å². The van der Waals surface area contributed by atoms with Crippen molar-refractivity contribution in [2.75, 3.05) is 21.2 Å². The van der Waals surface area contributed by atoms with E-state index in [-0.39, 0.29) is 0 Å². The average molecular weight is 339 g/mol. The minimum Gasteiger partial charge on any atom is -0.487 e. The summed E-state index contributed by atoms with van der Waals surface area (Å²) in [5, 5.41) is 0. The van der Waals surface area contributed by atoms with Crippen molar-refractivity contribution in [3.05, 3.63) is 65.7 Å². The van der Waals surface area contributed by atoms with Crippen LogP contribution in [-0.2, 0) is 17.9 Å². The van der Waals surface area contributed by atoms with E-state index in [0.717, 1.165) is 11.4 Å². The molecule has 130 valence electrons. The predicted octanol–water partition coefficient (Wildman–Crippen LogP) is 2.76. The number of carbonyl (C=O) groups excluding carboxylic acids is 1. The number of hydrogen-bond donors (Lipinski definition) is 0. The molecule has 6 nitrogen and oxygen atoms in total. The Bertz CT molecular complexity index is 872. The number of methoxy groups -OCH3 is 1. The summed E-state index contributed by atoms with van der Waals surface area (Å²) in [4.78, 5) is 18.4. The second-order valence-electron chi connectivity index (χ2n) is 6.00. The van der Waals surface area contributed by atoms with Gasteiger partial charge in [-0.15, -0.1) is 0 Å². The lowest BCUT2D eigenvalue weighted by molar-refractivity contribution is 0.0596. The number of esters is 1. The summed E-state index contributed by atoms with van der Waals surface area (Å²) >= 11 is 0. The van der Waals surface area contributed by atoms with Crippen LogP contribution in [-0.4, -0.2) is 41.5 Å².